The largest absolute Gasteiger partial charge is 0.378 e. The summed E-state index contributed by atoms with van der Waals surface area (Å²) in [6.07, 6.45) is 0. The number of rotatable bonds is 1. The third-order valence-corrected chi connectivity index (χ3v) is 4.35. The molecule has 0 spiro atoms. The molecule has 0 amide bonds. The summed E-state index contributed by atoms with van der Waals surface area (Å²) in [6, 6.07) is 3.85. The molecule has 106 valence electrons. The second-order valence-corrected chi connectivity index (χ2v) is 6.21. The van der Waals surface area contributed by atoms with Gasteiger partial charge in [-0.25, -0.2) is 4.98 Å². The first kappa shape index (κ1) is 14.1. The summed E-state index contributed by atoms with van der Waals surface area (Å²) >= 11 is 8.40. The minimum Gasteiger partial charge on any atom is -0.378 e. The minimum absolute atomic E-state index is 0.122. The Hall–Kier alpha value is -0.860. The van der Waals surface area contributed by atoms with Crippen LogP contribution in [0.25, 0.3) is 10.9 Å². The van der Waals surface area contributed by atoms with E-state index in [0.29, 0.717) is 37.2 Å². The van der Waals surface area contributed by atoms with Crippen molar-refractivity contribution in [2.75, 3.05) is 31.3 Å². The van der Waals surface area contributed by atoms with Crippen molar-refractivity contribution in [2.45, 2.75) is 6.92 Å². The number of aromatic nitrogens is 2. The fourth-order valence-electron chi connectivity index (χ4n) is 2.35. The lowest BCUT2D eigenvalue weighted by Crippen LogP contribution is -2.49. The second kappa shape index (κ2) is 5.50. The molecule has 0 atom stereocenters. The lowest BCUT2D eigenvalue weighted by Gasteiger charge is -2.30. The fourth-order valence-corrected chi connectivity index (χ4v) is 3.52. The Morgan fingerprint density at radius 2 is 2.05 bits per heavy atom. The zero-order valence-electron chi connectivity index (χ0n) is 10.9. The Morgan fingerprint density at radius 3 is 2.75 bits per heavy atom. The van der Waals surface area contributed by atoms with Crippen molar-refractivity contribution in [2.24, 2.45) is 0 Å². The predicted octanol–water partition coefficient (Wildman–Crippen LogP) is 1.93. The number of fused-ring (bicyclic) bond motifs is 1. The zero-order valence-corrected chi connectivity index (χ0v) is 13.8. The maximum atomic E-state index is 12.7. The zero-order chi connectivity index (χ0) is 14.3. The molecule has 0 saturated carbocycles. The SMILES string of the molecule is Cc1cc(I)c2nc(Cl)n(N3CCOCC3)c(=O)c2c1. The third-order valence-electron chi connectivity index (χ3n) is 3.28. The van der Waals surface area contributed by atoms with E-state index in [4.69, 9.17) is 16.3 Å². The smallest absolute Gasteiger partial charge is 0.281 e. The molecule has 1 aromatic heterocycles. The van der Waals surface area contributed by atoms with Gasteiger partial charge in [0.05, 0.1) is 37.2 Å². The maximum Gasteiger partial charge on any atom is 0.281 e. The van der Waals surface area contributed by atoms with Crippen molar-refractivity contribution in [3.63, 3.8) is 0 Å². The Kier molecular flexibility index (Phi) is 3.87. The molecular formula is C13H13ClIN3O2. The van der Waals surface area contributed by atoms with Crippen LogP contribution in [-0.4, -0.2) is 36.0 Å². The average Bonchev–Trinajstić information content (AvgIpc) is 2.42. The number of morpholine rings is 1. The number of nitrogens with zero attached hydrogens (tertiary/aromatic N) is 3. The number of hydrogen-bond acceptors (Lipinski definition) is 4. The molecule has 3 rings (SSSR count). The van der Waals surface area contributed by atoms with Gasteiger partial charge < -0.3 is 9.75 Å². The van der Waals surface area contributed by atoms with Crippen LogP contribution in [0.1, 0.15) is 5.56 Å². The summed E-state index contributed by atoms with van der Waals surface area (Å²) in [7, 11) is 0. The van der Waals surface area contributed by atoms with Crippen LogP contribution in [0.15, 0.2) is 16.9 Å². The summed E-state index contributed by atoms with van der Waals surface area (Å²) < 4.78 is 7.70. The molecule has 0 N–H and O–H groups in total. The lowest BCUT2D eigenvalue weighted by atomic mass is 10.2. The Balaban J connectivity index is 2.25. The normalized spacial score (nSPS) is 15.8. The summed E-state index contributed by atoms with van der Waals surface area (Å²) in [6.45, 7) is 4.42. The summed E-state index contributed by atoms with van der Waals surface area (Å²) in [5.41, 5.74) is 1.58. The van der Waals surface area contributed by atoms with Crippen LogP contribution in [0.5, 0.6) is 0 Å². The van der Waals surface area contributed by atoms with Crippen molar-refractivity contribution < 1.29 is 4.74 Å². The number of halogens is 2. The Bertz CT molecular complexity index is 726. The highest BCUT2D eigenvalue weighted by molar-refractivity contribution is 14.1. The van der Waals surface area contributed by atoms with Gasteiger partial charge in [-0.15, -0.1) is 0 Å². The third kappa shape index (κ3) is 2.40. The molecule has 1 aliphatic rings. The monoisotopic (exact) mass is 405 g/mol. The lowest BCUT2D eigenvalue weighted by molar-refractivity contribution is 0.110. The molecule has 7 heteroatoms. The van der Waals surface area contributed by atoms with E-state index in [2.05, 4.69) is 27.6 Å². The van der Waals surface area contributed by atoms with E-state index < -0.39 is 0 Å². The van der Waals surface area contributed by atoms with Crippen LogP contribution in [-0.2, 0) is 4.74 Å². The van der Waals surface area contributed by atoms with Gasteiger partial charge in [-0.1, -0.05) is 0 Å². The molecule has 0 aliphatic carbocycles. The van der Waals surface area contributed by atoms with E-state index in [1.54, 1.807) is 0 Å². The van der Waals surface area contributed by atoms with Crippen molar-refractivity contribution >= 4 is 45.1 Å². The van der Waals surface area contributed by atoms with Crippen molar-refractivity contribution in [3.8, 4) is 0 Å². The Morgan fingerprint density at radius 1 is 1.35 bits per heavy atom. The van der Waals surface area contributed by atoms with Crippen molar-refractivity contribution in [1.29, 1.82) is 0 Å². The molecule has 1 aromatic carbocycles. The molecule has 0 radical (unpaired) electrons. The van der Waals surface area contributed by atoms with E-state index >= 15 is 0 Å². The molecule has 1 aliphatic heterocycles. The molecule has 2 heterocycles. The topological polar surface area (TPSA) is 47.4 Å². The van der Waals surface area contributed by atoms with Gasteiger partial charge in [0.2, 0.25) is 5.28 Å². The van der Waals surface area contributed by atoms with Crippen LogP contribution < -0.4 is 10.6 Å². The van der Waals surface area contributed by atoms with Gasteiger partial charge in [-0.2, -0.15) is 4.68 Å². The standard InChI is InChI=1S/C13H13ClIN3O2/c1-8-6-9-11(10(15)7-8)16-13(14)18(12(9)19)17-2-4-20-5-3-17/h6-7H,2-5H2,1H3. The van der Waals surface area contributed by atoms with E-state index in [1.807, 2.05) is 24.1 Å². The quantitative estimate of drug-likeness (QED) is 0.537. The van der Waals surface area contributed by atoms with E-state index in [0.717, 1.165) is 9.13 Å². The van der Waals surface area contributed by atoms with Gasteiger partial charge in [-0.05, 0) is 58.8 Å². The number of hydrogen-bond donors (Lipinski definition) is 0. The van der Waals surface area contributed by atoms with Crippen LogP contribution >= 0.6 is 34.2 Å². The van der Waals surface area contributed by atoms with Crippen molar-refractivity contribution in [1.82, 2.24) is 9.66 Å². The number of ether oxygens (including phenoxy) is 1. The van der Waals surface area contributed by atoms with E-state index in [-0.39, 0.29) is 10.8 Å². The summed E-state index contributed by atoms with van der Waals surface area (Å²) in [5, 5.41) is 2.69. The second-order valence-electron chi connectivity index (χ2n) is 4.71. The first-order chi connectivity index (χ1) is 9.58. The fraction of sp³-hybridized carbons (Fsp3) is 0.385. The Labute approximate surface area is 134 Å². The first-order valence-corrected chi connectivity index (χ1v) is 7.75. The van der Waals surface area contributed by atoms with Crippen LogP contribution in [0.4, 0.5) is 0 Å². The molecule has 5 nitrogen and oxygen atoms in total. The van der Waals surface area contributed by atoms with E-state index in [9.17, 15) is 4.79 Å². The maximum absolute atomic E-state index is 12.7. The van der Waals surface area contributed by atoms with Gasteiger partial charge in [0.15, 0.2) is 0 Å². The first-order valence-electron chi connectivity index (χ1n) is 6.29. The molecule has 0 bridgehead atoms. The average molecular weight is 406 g/mol. The van der Waals surface area contributed by atoms with E-state index in [1.165, 1.54) is 4.68 Å². The van der Waals surface area contributed by atoms with Gasteiger partial charge in [0.25, 0.3) is 5.56 Å². The van der Waals surface area contributed by atoms with Gasteiger partial charge in [0, 0.05) is 3.57 Å². The highest BCUT2D eigenvalue weighted by Crippen LogP contribution is 2.20. The summed E-state index contributed by atoms with van der Waals surface area (Å²) in [5.74, 6) is 0. The van der Waals surface area contributed by atoms with Crippen molar-refractivity contribution in [3.05, 3.63) is 36.9 Å². The molecular weight excluding hydrogens is 393 g/mol. The van der Waals surface area contributed by atoms with Crippen LogP contribution in [0.3, 0.4) is 0 Å². The van der Waals surface area contributed by atoms with Crippen LogP contribution in [0, 0.1) is 10.5 Å². The predicted molar refractivity (Wildman–Crippen MR) is 87.2 cm³/mol. The number of aryl methyl sites for hydroxylation is 1. The molecule has 0 unspecified atom stereocenters. The molecule has 1 fully saturated rings. The van der Waals surface area contributed by atoms with Gasteiger partial charge in [0.1, 0.15) is 0 Å². The number of benzene rings is 1. The highest BCUT2D eigenvalue weighted by atomic mass is 127. The van der Waals surface area contributed by atoms with Gasteiger partial charge >= 0.3 is 0 Å². The molecule has 20 heavy (non-hydrogen) atoms. The van der Waals surface area contributed by atoms with Crippen LogP contribution in [0.2, 0.25) is 5.28 Å². The molecule has 2 aromatic rings. The summed E-state index contributed by atoms with van der Waals surface area (Å²) in [4.78, 5) is 17.1. The minimum atomic E-state index is -0.122. The highest BCUT2D eigenvalue weighted by Gasteiger charge is 2.18. The molecule has 1 saturated heterocycles. The van der Waals surface area contributed by atoms with Gasteiger partial charge in [-0.3, -0.25) is 4.79 Å².